The van der Waals surface area contributed by atoms with Gasteiger partial charge in [-0.1, -0.05) is 13.8 Å². The number of hydrogen-bond acceptors (Lipinski definition) is 4. The summed E-state index contributed by atoms with van der Waals surface area (Å²) in [4.78, 5) is 6.16. The molecule has 1 N–H and O–H groups in total. The highest BCUT2D eigenvalue weighted by Crippen LogP contribution is 2.22. The molecular formula is C14H18FN3O. The summed E-state index contributed by atoms with van der Waals surface area (Å²) >= 11 is 0. The quantitative estimate of drug-likeness (QED) is 0.900. The van der Waals surface area contributed by atoms with E-state index in [9.17, 15) is 4.39 Å². The van der Waals surface area contributed by atoms with Crippen LogP contribution in [-0.4, -0.2) is 18.1 Å². The fourth-order valence-electron chi connectivity index (χ4n) is 1.62. The van der Waals surface area contributed by atoms with Crippen LogP contribution in [-0.2, 0) is 6.54 Å². The molecule has 0 aliphatic heterocycles. The van der Waals surface area contributed by atoms with Gasteiger partial charge in [0.1, 0.15) is 12.1 Å². The van der Waals surface area contributed by atoms with Crippen LogP contribution in [0.1, 0.15) is 19.5 Å². The zero-order valence-corrected chi connectivity index (χ0v) is 11.4. The molecule has 0 spiro atoms. The fraction of sp³-hybridized carbons (Fsp3) is 0.357. The molecule has 1 aromatic carbocycles. The number of rotatable bonds is 5. The third kappa shape index (κ3) is 3.54. The Morgan fingerprint density at radius 1 is 1.32 bits per heavy atom. The Morgan fingerprint density at radius 3 is 2.63 bits per heavy atom. The van der Waals surface area contributed by atoms with Gasteiger partial charge in [-0.15, -0.1) is 0 Å². The normalized spacial score (nSPS) is 11.0. The van der Waals surface area contributed by atoms with Crippen LogP contribution in [0, 0.1) is 5.82 Å². The molecule has 1 heterocycles. The third-order valence-corrected chi connectivity index (χ3v) is 2.73. The Morgan fingerprint density at radius 2 is 2.00 bits per heavy atom. The average molecular weight is 263 g/mol. The standard InChI is InChI=1S/C14H18FN3O/c1-10(2)16-8-12-9-19-14(17-12)18(3)13-6-4-11(15)5-7-13/h4-7,9-10,16H,8H2,1-3H3. The van der Waals surface area contributed by atoms with E-state index in [1.54, 1.807) is 23.3 Å². The monoisotopic (exact) mass is 263 g/mol. The summed E-state index contributed by atoms with van der Waals surface area (Å²) in [5.41, 5.74) is 1.67. The van der Waals surface area contributed by atoms with Crippen molar-refractivity contribution in [1.82, 2.24) is 10.3 Å². The van der Waals surface area contributed by atoms with Gasteiger partial charge in [-0.05, 0) is 24.3 Å². The van der Waals surface area contributed by atoms with E-state index in [2.05, 4.69) is 24.1 Å². The molecule has 4 nitrogen and oxygen atoms in total. The maximum absolute atomic E-state index is 12.9. The Hall–Kier alpha value is -1.88. The first-order valence-electron chi connectivity index (χ1n) is 6.23. The van der Waals surface area contributed by atoms with E-state index in [1.807, 2.05) is 7.05 Å². The molecule has 0 aliphatic carbocycles. The van der Waals surface area contributed by atoms with Crippen LogP contribution in [0.25, 0.3) is 0 Å². The lowest BCUT2D eigenvalue weighted by Crippen LogP contribution is -2.22. The lowest BCUT2D eigenvalue weighted by atomic mass is 10.3. The van der Waals surface area contributed by atoms with E-state index in [0.717, 1.165) is 11.4 Å². The second-order valence-electron chi connectivity index (χ2n) is 4.69. The number of hydrogen-bond donors (Lipinski definition) is 1. The lowest BCUT2D eigenvalue weighted by Gasteiger charge is -2.14. The van der Waals surface area contributed by atoms with Gasteiger partial charge in [0.05, 0.1) is 5.69 Å². The maximum atomic E-state index is 12.9. The second kappa shape index (κ2) is 5.84. The van der Waals surface area contributed by atoms with Crippen molar-refractivity contribution in [3.8, 4) is 0 Å². The number of nitrogens with one attached hydrogen (secondary N) is 1. The van der Waals surface area contributed by atoms with Crippen molar-refractivity contribution in [2.45, 2.75) is 26.4 Å². The Kier molecular flexibility index (Phi) is 4.16. The smallest absolute Gasteiger partial charge is 0.301 e. The third-order valence-electron chi connectivity index (χ3n) is 2.73. The highest BCUT2D eigenvalue weighted by Gasteiger charge is 2.11. The number of benzene rings is 1. The van der Waals surface area contributed by atoms with Gasteiger partial charge in [0.15, 0.2) is 0 Å². The van der Waals surface area contributed by atoms with Crippen LogP contribution in [0.15, 0.2) is 34.9 Å². The van der Waals surface area contributed by atoms with Gasteiger partial charge in [0.25, 0.3) is 0 Å². The van der Waals surface area contributed by atoms with Crippen molar-refractivity contribution < 1.29 is 8.81 Å². The number of halogens is 1. The van der Waals surface area contributed by atoms with E-state index in [1.165, 1.54) is 12.1 Å². The minimum absolute atomic E-state index is 0.258. The molecule has 0 unspecified atom stereocenters. The van der Waals surface area contributed by atoms with Crippen LogP contribution in [0.4, 0.5) is 16.1 Å². The molecule has 0 aliphatic rings. The highest BCUT2D eigenvalue weighted by atomic mass is 19.1. The SMILES string of the molecule is CC(C)NCc1coc(N(C)c2ccc(F)cc2)n1. The van der Waals surface area contributed by atoms with Crippen LogP contribution < -0.4 is 10.2 Å². The van der Waals surface area contributed by atoms with Gasteiger partial charge < -0.3 is 9.73 Å². The van der Waals surface area contributed by atoms with Crippen LogP contribution in [0.2, 0.25) is 0 Å². The van der Waals surface area contributed by atoms with Gasteiger partial charge >= 0.3 is 6.01 Å². The van der Waals surface area contributed by atoms with Crippen molar-refractivity contribution in [1.29, 1.82) is 0 Å². The molecule has 0 atom stereocenters. The minimum atomic E-state index is -0.258. The molecule has 5 heteroatoms. The van der Waals surface area contributed by atoms with Gasteiger partial charge in [0.2, 0.25) is 0 Å². The van der Waals surface area contributed by atoms with Crippen molar-refractivity contribution >= 4 is 11.7 Å². The first-order chi connectivity index (χ1) is 9.06. The van der Waals surface area contributed by atoms with Crippen LogP contribution in [0.5, 0.6) is 0 Å². The van der Waals surface area contributed by atoms with Gasteiger partial charge in [-0.25, -0.2) is 4.39 Å². The first kappa shape index (κ1) is 13.5. The molecule has 0 saturated heterocycles. The summed E-state index contributed by atoms with van der Waals surface area (Å²) < 4.78 is 18.3. The zero-order chi connectivity index (χ0) is 13.8. The second-order valence-corrected chi connectivity index (χ2v) is 4.69. The van der Waals surface area contributed by atoms with E-state index >= 15 is 0 Å². The molecule has 102 valence electrons. The van der Waals surface area contributed by atoms with Crippen molar-refractivity contribution in [2.75, 3.05) is 11.9 Å². The molecule has 0 bridgehead atoms. The van der Waals surface area contributed by atoms with Crippen molar-refractivity contribution in [3.63, 3.8) is 0 Å². The predicted octanol–water partition coefficient (Wildman–Crippen LogP) is 3.08. The number of aromatic nitrogens is 1. The number of nitrogens with zero attached hydrogens (tertiary/aromatic N) is 2. The van der Waals surface area contributed by atoms with Gasteiger partial charge in [0, 0.05) is 25.3 Å². The van der Waals surface area contributed by atoms with Crippen molar-refractivity contribution in [2.24, 2.45) is 0 Å². The molecule has 1 aromatic heterocycles. The summed E-state index contributed by atoms with van der Waals surface area (Å²) in [6.07, 6.45) is 1.63. The topological polar surface area (TPSA) is 41.3 Å². The summed E-state index contributed by atoms with van der Waals surface area (Å²) in [5.74, 6) is -0.258. The molecule has 19 heavy (non-hydrogen) atoms. The van der Waals surface area contributed by atoms with Gasteiger partial charge in [-0.2, -0.15) is 4.98 Å². The zero-order valence-electron chi connectivity index (χ0n) is 11.4. The summed E-state index contributed by atoms with van der Waals surface area (Å²) in [7, 11) is 1.83. The van der Waals surface area contributed by atoms with Crippen molar-refractivity contribution in [3.05, 3.63) is 42.0 Å². The van der Waals surface area contributed by atoms with Gasteiger partial charge in [-0.3, -0.25) is 4.90 Å². The minimum Gasteiger partial charge on any atom is -0.431 e. The van der Waals surface area contributed by atoms with E-state index in [0.29, 0.717) is 18.6 Å². The van der Waals surface area contributed by atoms with Crippen LogP contribution >= 0.6 is 0 Å². The Labute approximate surface area is 112 Å². The number of oxazole rings is 1. The summed E-state index contributed by atoms with van der Waals surface area (Å²) in [5, 5.41) is 3.27. The first-order valence-corrected chi connectivity index (χ1v) is 6.23. The summed E-state index contributed by atoms with van der Waals surface area (Å²) in [6, 6.07) is 7.09. The Balaban J connectivity index is 2.07. The molecule has 0 saturated carbocycles. The average Bonchev–Trinajstić information content (AvgIpc) is 2.85. The predicted molar refractivity (Wildman–Crippen MR) is 72.9 cm³/mol. The highest BCUT2D eigenvalue weighted by molar-refractivity contribution is 5.54. The maximum Gasteiger partial charge on any atom is 0.301 e. The molecule has 0 amide bonds. The molecule has 2 aromatic rings. The molecular weight excluding hydrogens is 245 g/mol. The largest absolute Gasteiger partial charge is 0.431 e. The molecule has 0 radical (unpaired) electrons. The van der Waals surface area contributed by atoms with Crippen LogP contribution in [0.3, 0.4) is 0 Å². The van der Waals surface area contributed by atoms with E-state index in [4.69, 9.17) is 4.42 Å². The van der Waals surface area contributed by atoms with E-state index < -0.39 is 0 Å². The van der Waals surface area contributed by atoms with E-state index in [-0.39, 0.29) is 5.82 Å². The Bertz CT molecular complexity index is 522. The molecule has 2 rings (SSSR count). The number of anilines is 2. The fourth-order valence-corrected chi connectivity index (χ4v) is 1.62. The lowest BCUT2D eigenvalue weighted by molar-refractivity contribution is 0.552. The molecule has 0 fully saturated rings. The summed E-state index contributed by atoms with van der Waals surface area (Å²) in [6.45, 7) is 4.82.